The van der Waals surface area contributed by atoms with Crippen LogP contribution in [0, 0.1) is 0 Å². The molecule has 1 amide bonds. The van der Waals surface area contributed by atoms with Crippen molar-refractivity contribution in [2.45, 2.75) is 19.8 Å². The van der Waals surface area contributed by atoms with Gasteiger partial charge in [0.2, 0.25) is 5.13 Å². The molecule has 21 heavy (non-hydrogen) atoms. The van der Waals surface area contributed by atoms with Crippen LogP contribution in [0.4, 0.5) is 5.13 Å². The molecule has 0 bridgehead atoms. The van der Waals surface area contributed by atoms with Crippen LogP contribution in [-0.4, -0.2) is 21.1 Å². The van der Waals surface area contributed by atoms with E-state index < -0.39 is 0 Å². The Bertz CT molecular complexity index is 783. The van der Waals surface area contributed by atoms with E-state index in [9.17, 15) is 4.79 Å². The van der Waals surface area contributed by atoms with Crippen LogP contribution in [0.3, 0.4) is 0 Å². The number of hydrogen-bond acceptors (Lipinski definition) is 5. The molecular formula is C15H14N4OS. The van der Waals surface area contributed by atoms with Crippen LogP contribution in [0.25, 0.3) is 10.9 Å². The van der Waals surface area contributed by atoms with Gasteiger partial charge in [-0.25, -0.2) is 0 Å². The smallest absolute Gasteiger partial charge is 0.258 e. The van der Waals surface area contributed by atoms with Crippen molar-refractivity contribution < 1.29 is 4.79 Å². The van der Waals surface area contributed by atoms with Gasteiger partial charge < -0.3 is 0 Å². The summed E-state index contributed by atoms with van der Waals surface area (Å²) < 4.78 is 0. The van der Waals surface area contributed by atoms with Crippen LogP contribution >= 0.6 is 11.3 Å². The fourth-order valence-corrected chi connectivity index (χ4v) is 2.51. The Morgan fingerprint density at radius 1 is 1.29 bits per heavy atom. The molecule has 2 aromatic heterocycles. The number of carbonyl (C=O) groups is 1. The normalized spacial score (nSPS) is 11.0. The first-order valence-corrected chi connectivity index (χ1v) is 7.50. The summed E-state index contributed by atoms with van der Waals surface area (Å²) in [5.74, 6) is 0.0648. The number of pyridine rings is 1. The number of benzene rings is 1. The molecule has 106 valence electrons. The summed E-state index contributed by atoms with van der Waals surface area (Å²) in [6.07, 6.45) is 0. The number of anilines is 1. The second kappa shape index (κ2) is 5.57. The zero-order chi connectivity index (χ0) is 14.8. The van der Waals surface area contributed by atoms with Crippen molar-refractivity contribution in [2.24, 2.45) is 0 Å². The molecule has 0 aliphatic carbocycles. The third-order valence-electron chi connectivity index (χ3n) is 3.15. The van der Waals surface area contributed by atoms with E-state index in [-0.39, 0.29) is 11.8 Å². The highest BCUT2D eigenvalue weighted by Crippen LogP contribution is 2.23. The third-order valence-corrected chi connectivity index (χ3v) is 3.76. The average molecular weight is 298 g/mol. The van der Waals surface area contributed by atoms with Gasteiger partial charge in [0, 0.05) is 11.1 Å². The van der Waals surface area contributed by atoms with Crippen molar-refractivity contribution >= 4 is 33.3 Å². The lowest BCUT2D eigenvalue weighted by Gasteiger charge is -2.11. The summed E-state index contributed by atoms with van der Waals surface area (Å²) in [5.41, 5.74) is 3.92. The Labute approximate surface area is 126 Å². The Kier molecular flexibility index (Phi) is 3.62. The summed E-state index contributed by atoms with van der Waals surface area (Å²) in [4.78, 5) is 17.1. The molecule has 3 rings (SSSR count). The van der Waals surface area contributed by atoms with E-state index >= 15 is 0 Å². The molecule has 0 spiro atoms. The fourth-order valence-electron chi connectivity index (χ4n) is 2.07. The van der Waals surface area contributed by atoms with E-state index in [1.54, 1.807) is 5.51 Å². The molecular weight excluding hydrogens is 284 g/mol. The Morgan fingerprint density at radius 3 is 2.81 bits per heavy atom. The Morgan fingerprint density at radius 2 is 2.10 bits per heavy atom. The molecule has 6 heteroatoms. The third kappa shape index (κ3) is 2.75. The number of hydrogen-bond donors (Lipinski definition) is 1. The maximum Gasteiger partial charge on any atom is 0.258 e. The second-order valence-corrected chi connectivity index (χ2v) is 5.80. The largest absolute Gasteiger partial charge is 0.296 e. The lowest BCUT2D eigenvalue weighted by molar-refractivity contribution is 0.102. The van der Waals surface area contributed by atoms with E-state index in [4.69, 9.17) is 0 Å². The molecule has 0 atom stereocenters. The van der Waals surface area contributed by atoms with Crippen LogP contribution in [0.1, 0.15) is 35.8 Å². The molecule has 1 N–H and O–H groups in total. The molecule has 0 saturated heterocycles. The van der Waals surface area contributed by atoms with Gasteiger partial charge in [-0.05, 0) is 18.1 Å². The van der Waals surface area contributed by atoms with Gasteiger partial charge in [0.1, 0.15) is 5.51 Å². The molecule has 0 fully saturated rings. The monoisotopic (exact) mass is 298 g/mol. The first-order chi connectivity index (χ1) is 10.1. The van der Waals surface area contributed by atoms with Crippen molar-refractivity contribution in [3.05, 3.63) is 47.1 Å². The summed E-state index contributed by atoms with van der Waals surface area (Å²) in [7, 11) is 0. The van der Waals surface area contributed by atoms with Gasteiger partial charge >= 0.3 is 0 Å². The van der Waals surface area contributed by atoms with Crippen LogP contribution in [0.5, 0.6) is 0 Å². The molecule has 0 aliphatic heterocycles. The zero-order valence-electron chi connectivity index (χ0n) is 11.7. The van der Waals surface area contributed by atoms with E-state index in [1.807, 2.05) is 30.3 Å². The van der Waals surface area contributed by atoms with E-state index in [0.29, 0.717) is 10.7 Å². The molecule has 0 radical (unpaired) electrons. The standard InChI is InChI=1S/C15H14N4OS/c1-9(2)13-7-11(10-5-3-4-6-12(10)17-13)14(20)18-15-19-16-8-21-15/h3-9H,1-2H3,(H,18,19,20). The van der Waals surface area contributed by atoms with Crippen LogP contribution in [-0.2, 0) is 0 Å². The number of carbonyl (C=O) groups excluding carboxylic acids is 1. The van der Waals surface area contributed by atoms with Crippen molar-refractivity contribution in [3.63, 3.8) is 0 Å². The summed E-state index contributed by atoms with van der Waals surface area (Å²) in [5, 5.41) is 11.7. The minimum atomic E-state index is -0.188. The highest BCUT2D eigenvalue weighted by molar-refractivity contribution is 7.13. The SMILES string of the molecule is CC(C)c1cc(C(=O)Nc2nncs2)c2ccccc2n1. The molecule has 0 saturated carbocycles. The van der Waals surface area contributed by atoms with Gasteiger partial charge in [-0.3, -0.25) is 15.1 Å². The minimum absolute atomic E-state index is 0.188. The lowest BCUT2D eigenvalue weighted by atomic mass is 10.0. The molecule has 0 unspecified atom stereocenters. The van der Waals surface area contributed by atoms with Crippen LogP contribution in [0.15, 0.2) is 35.8 Å². The Balaban J connectivity index is 2.09. The lowest BCUT2D eigenvalue weighted by Crippen LogP contribution is -2.13. The minimum Gasteiger partial charge on any atom is -0.296 e. The molecule has 1 aromatic carbocycles. The highest BCUT2D eigenvalue weighted by Gasteiger charge is 2.15. The Hall–Kier alpha value is -2.34. The summed E-state index contributed by atoms with van der Waals surface area (Å²) in [6.45, 7) is 4.12. The van der Waals surface area contributed by atoms with Gasteiger partial charge in [0.05, 0.1) is 11.1 Å². The molecule has 5 nitrogen and oxygen atoms in total. The quantitative estimate of drug-likeness (QED) is 0.804. The summed E-state index contributed by atoms with van der Waals surface area (Å²) in [6, 6.07) is 9.50. The number of nitrogens with one attached hydrogen (secondary N) is 1. The second-order valence-electron chi connectivity index (χ2n) is 4.96. The molecule has 0 aliphatic rings. The predicted octanol–water partition coefficient (Wildman–Crippen LogP) is 3.46. The predicted molar refractivity (Wildman–Crippen MR) is 83.7 cm³/mol. The number of rotatable bonds is 3. The van der Waals surface area contributed by atoms with Gasteiger partial charge in [-0.2, -0.15) is 0 Å². The van der Waals surface area contributed by atoms with Crippen LogP contribution in [0.2, 0.25) is 0 Å². The van der Waals surface area contributed by atoms with Gasteiger partial charge in [0.15, 0.2) is 0 Å². The van der Waals surface area contributed by atoms with Crippen molar-refractivity contribution in [2.75, 3.05) is 5.32 Å². The zero-order valence-corrected chi connectivity index (χ0v) is 12.5. The maximum absolute atomic E-state index is 12.5. The number of para-hydroxylation sites is 1. The molecule has 3 aromatic rings. The first-order valence-electron chi connectivity index (χ1n) is 6.62. The van der Waals surface area contributed by atoms with E-state index in [0.717, 1.165) is 16.6 Å². The average Bonchev–Trinajstić information content (AvgIpc) is 2.98. The number of amides is 1. The number of nitrogens with zero attached hydrogens (tertiary/aromatic N) is 3. The highest BCUT2D eigenvalue weighted by atomic mass is 32.1. The maximum atomic E-state index is 12.5. The number of fused-ring (bicyclic) bond motifs is 1. The first kappa shape index (κ1) is 13.6. The van der Waals surface area contributed by atoms with E-state index in [1.165, 1.54) is 11.3 Å². The van der Waals surface area contributed by atoms with Crippen LogP contribution < -0.4 is 5.32 Å². The van der Waals surface area contributed by atoms with Gasteiger partial charge in [-0.15, -0.1) is 10.2 Å². The van der Waals surface area contributed by atoms with E-state index in [2.05, 4.69) is 34.3 Å². The number of aromatic nitrogens is 3. The van der Waals surface area contributed by atoms with Crippen molar-refractivity contribution in [3.8, 4) is 0 Å². The fraction of sp³-hybridized carbons (Fsp3) is 0.200. The van der Waals surface area contributed by atoms with Gasteiger partial charge in [-0.1, -0.05) is 43.4 Å². The van der Waals surface area contributed by atoms with Crippen molar-refractivity contribution in [1.29, 1.82) is 0 Å². The molecule has 2 heterocycles. The van der Waals surface area contributed by atoms with Gasteiger partial charge in [0.25, 0.3) is 5.91 Å². The summed E-state index contributed by atoms with van der Waals surface area (Å²) >= 11 is 1.29. The topological polar surface area (TPSA) is 67.8 Å². The van der Waals surface area contributed by atoms with Crippen molar-refractivity contribution in [1.82, 2.24) is 15.2 Å².